The Morgan fingerprint density at radius 3 is 2.71 bits per heavy atom. The summed E-state index contributed by atoms with van der Waals surface area (Å²) in [5.74, 6) is 0. The van der Waals surface area contributed by atoms with E-state index in [2.05, 4.69) is 31.0 Å². The molecule has 0 bridgehead atoms. The molecule has 17 heavy (non-hydrogen) atoms. The maximum Gasteiger partial charge on any atom is 0.0947 e. The Balaban J connectivity index is 2.24. The second-order valence-corrected chi connectivity index (χ2v) is 5.61. The van der Waals surface area contributed by atoms with Crippen LogP contribution in [-0.4, -0.2) is 41.8 Å². The normalized spacial score (nSPS) is 14.2. The van der Waals surface area contributed by atoms with Gasteiger partial charge in [-0.15, -0.1) is 0 Å². The van der Waals surface area contributed by atoms with Crippen molar-refractivity contribution in [1.29, 1.82) is 0 Å². The van der Waals surface area contributed by atoms with Gasteiger partial charge in [-0.2, -0.15) is 0 Å². The maximum atomic E-state index is 9.88. The summed E-state index contributed by atoms with van der Waals surface area (Å²) < 4.78 is 5.01. The molecule has 0 saturated carbocycles. The zero-order valence-corrected chi connectivity index (χ0v) is 11.2. The van der Waals surface area contributed by atoms with Crippen LogP contribution in [0, 0.1) is 0 Å². The van der Waals surface area contributed by atoms with E-state index < -0.39 is 0 Å². The van der Waals surface area contributed by atoms with Crippen molar-refractivity contribution in [3.8, 4) is 0 Å². The van der Waals surface area contributed by atoms with Gasteiger partial charge in [0.15, 0.2) is 0 Å². The third kappa shape index (κ3) is 6.46. The van der Waals surface area contributed by atoms with E-state index in [9.17, 15) is 5.11 Å². The van der Waals surface area contributed by atoms with Gasteiger partial charge in [0.1, 0.15) is 0 Å². The highest BCUT2D eigenvalue weighted by atomic mass is 16.3. The van der Waals surface area contributed by atoms with E-state index >= 15 is 0 Å². The molecule has 0 amide bonds. The summed E-state index contributed by atoms with van der Waals surface area (Å²) in [6, 6.07) is 1.94. The zero-order valence-electron chi connectivity index (χ0n) is 11.2. The number of likely N-dealkylation sites (N-methyl/N-ethyl adjacent to an activating group) is 1. The van der Waals surface area contributed by atoms with Crippen LogP contribution < -0.4 is 5.32 Å². The van der Waals surface area contributed by atoms with Crippen LogP contribution in [0.3, 0.4) is 0 Å². The molecule has 4 nitrogen and oxygen atoms in total. The predicted molar refractivity (Wildman–Crippen MR) is 68.8 cm³/mol. The summed E-state index contributed by atoms with van der Waals surface area (Å²) in [5.41, 5.74) is 1.17. The van der Waals surface area contributed by atoms with E-state index in [0.29, 0.717) is 13.1 Å². The lowest BCUT2D eigenvalue weighted by Gasteiger charge is -2.25. The van der Waals surface area contributed by atoms with Gasteiger partial charge in [-0.1, -0.05) is 0 Å². The summed E-state index contributed by atoms with van der Waals surface area (Å²) >= 11 is 0. The Kier molecular flexibility index (Phi) is 5.18. The molecule has 1 unspecified atom stereocenters. The third-order valence-corrected chi connectivity index (χ3v) is 2.42. The predicted octanol–water partition coefficient (Wildman–Crippen LogP) is 1.46. The van der Waals surface area contributed by atoms with Crippen LogP contribution >= 0.6 is 0 Å². The number of aliphatic hydroxyl groups excluding tert-OH is 1. The zero-order chi connectivity index (χ0) is 12.9. The number of hydrogen-bond acceptors (Lipinski definition) is 4. The Bertz CT molecular complexity index is 304. The van der Waals surface area contributed by atoms with Crippen molar-refractivity contribution in [2.45, 2.75) is 39.0 Å². The van der Waals surface area contributed by atoms with Crippen molar-refractivity contribution in [2.24, 2.45) is 0 Å². The molecule has 0 fully saturated rings. The molecule has 2 N–H and O–H groups in total. The fourth-order valence-corrected chi connectivity index (χ4v) is 1.61. The van der Waals surface area contributed by atoms with Gasteiger partial charge in [-0.05, 0) is 33.9 Å². The van der Waals surface area contributed by atoms with Crippen molar-refractivity contribution >= 4 is 0 Å². The van der Waals surface area contributed by atoms with Crippen LogP contribution in [0.5, 0.6) is 0 Å². The highest BCUT2D eigenvalue weighted by Gasteiger charge is 2.13. The first-order valence-corrected chi connectivity index (χ1v) is 5.99. The fraction of sp³-hybridized carbons (Fsp3) is 0.692. The minimum atomic E-state index is -0.355. The summed E-state index contributed by atoms with van der Waals surface area (Å²) in [6.45, 7) is 8.33. The molecule has 4 heteroatoms. The fourth-order valence-electron chi connectivity index (χ4n) is 1.61. The Hall–Kier alpha value is -0.840. The Morgan fingerprint density at radius 1 is 1.47 bits per heavy atom. The van der Waals surface area contributed by atoms with E-state index in [0.717, 1.165) is 12.1 Å². The molecule has 0 aliphatic heterocycles. The van der Waals surface area contributed by atoms with Crippen molar-refractivity contribution in [2.75, 3.05) is 20.1 Å². The Labute approximate surface area is 104 Å². The minimum absolute atomic E-state index is 0.0457. The van der Waals surface area contributed by atoms with Gasteiger partial charge >= 0.3 is 0 Å². The highest BCUT2D eigenvalue weighted by Crippen LogP contribution is 2.04. The smallest absolute Gasteiger partial charge is 0.0947 e. The van der Waals surface area contributed by atoms with Crippen molar-refractivity contribution < 1.29 is 9.52 Å². The van der Waals surface area contributed by atoms with Crippen LogP contribution in [-0.2, 0) is 6.54 Å². The topological polar surface area (TPSA) is 48.6 Å². The van der Waals surface area contributed by atoms with Gasteiger partial charge < -0.3 is 14.8 Å². The molecule has 1 aromatic heterocycles. The van der Waals surface area contributed by atoms with E-state index in [-0.39, 0.29) is 11.6 Å². The first-order chi connectivity index (χ1) is 7.87. The lowest BCUT2D eigenvalue weighted by atomic mass is 10.1. The van der Waals surface area contributed by atoms with Gasteiger partial charge in [0, 0.05) is 30.7 Å². The van der Waals surface area contributed by atoms with E-state index in [1.54, 1.807) is 12.5 Å². The number of nitrogens with one attached hydrogen (secondary N) is 1. The summed E-state index contributed by atoms with van der Waals surface area (Å²) in [5, 5.41) is 13.2. The quantitative estimate of drug-likeness (QED) is 0.790. The van der Waals surface area contributed by atoms with Gasteiger partial charge in [-0.25, -0.2) is 0 Å². The van der Waals surface area contributed by atoms with Crippen LogP contribution in [0.25, 0.3) is 0 Å². The number of nitrogens with zero attached hydrogens (tertiary/aromatic N) is 1. The second kappa shape index (κ2) is 6.19. The standard InChI is InChI=1S/C13H24N2O2/c1-13(2,3)14-7-12(16)9-15(4)8-11-5-6-17-10-11/h5-6,10,12,14,16H,7-9H2,1-4H3. The van der Waals surface area contributed by atoms with Crippen LogP contribution in [0.1, 0.15) is 26.3 Å². The lowest BCUT2D eigenvalue weighted by Crippen LogP contribution is -2.44. The first-order valence-electron chi connectivity index (χ1n) is 5.99. The monoisotopic (exact) mass is 240 g/mol. The van der Waals surface area contributed by atoms with Crippen LogP contribution in [0.2, 0.25) is 0 Å². The molecule has 1 aromatic rings. The van der Waals surface area contributed by atoms with Crippen molar-refractivity contribution in [3.63, 3.8) is 0 Å². The SMILES string of the molecule is CN(Cc1ccoc1)CC(O)CNC(C)(C)C. The largest absolute Gasteiger partial charge is 0.472 e. The number of furan rings is 1. The number of β-amino-alcohol motifs (C(OH)–C–C–N with tert-alkyl or cyclic N) is 1. The van der Waals surface area contributed by atoms with Crippen molar-refractivity contribution in [3.05, 3.63) is 24.2 Å². The number of rotatable bonds is 6. The van der Waals surface area contributed by atoms with E-state index in [1.807, 2.05) is 13.1 Å². The molecule has 0 radical (unpaired) electrons. The summed E-state index contributed by atoms with van der Waals surface area (Å²) in [4.78, 5) is 2.08. The molecule has 1 heterocycles. The summed E-state index contributed by atoms with van der Waals surface area (Å²) in [7, 11) is 1.99. The lowest BCUT2D eigenvalue weighted by molar-refractivity contribution is 0.114. The summed E-state index contributed by atoms with van der Waals surface area (Å²) in [6.07, 6.45) is 3.04. The van der Waals surface area contributed by atoms with Gasteiger partial charge in [-0.3, -0.25) is 4.90 Å². The average molecular weight is 240 g/mol. The van der Waals surface area contributed by atoms with Crippen LogP contribution in [0.15, 0.2) is 23.0 Å². The van der Waals surface area contributed by atoms with Crippen molar-refractivity contribution in [1.82, 2.24) is 10.2 Å². The molecule has 1 rings (SSSR count). The molecule has 1 atom stereocenters. The van der Waals surface area contributed by atoms with Crippen LogP contribution in [0.4, 0.5) is 0 Å². The minimum Gasteiger partial charge on any atom is -0.472 e. The first kappa shape index (κ1) is 14.2. The molecule has 0 aliphatic carbocycles. The molecule has 0 aromatic carbocycles. The molecule has 0 aliphatic rings. The molecule has 0 spiro atoms. The highest BCUT2D eigenvalue weighted by molar-refractivity contribution is 5.04. The van der Waals surface area contributed by atoms with E-state index in [1.165, 1.54) is 0 Å². The molecular formula is C13H24N2O2. The molecular weight excluding hydrogens is 216 g/mol. The second-order valence-electron chi connectivity index (χ2n) is 5.61. The van der Waals surface area contributed by atoms with Gasteiger partial charge in [0.2, 0.25) is 0 Å². The molecule has 98 valence electrons. The van der Waals surface area contributed by atoms with Gasteiger partial charge in [0.05, 0.1) is 18.6 Å². The van der Waals surface area contributed by atoms with Gasteiger partial charge in [0.25, 0.3) is 0 Å². The van der Waals surface area contributed by atoms with E-state index in [4.69, 9.17) is 4.42 Å². The third-order valence-electron chi connectivity index (χ3n) is 2.42. The molecule has 0 saturated heterocycles. The number of aliphatic hydroxyl groups is 1. The maximum absolute atomic E-state index is 9.88. The average Bonchev–Trinajstić information content (AvgIpc) is 2.66. The number of hydrogen-bond donors (Lipinski definition) is 2. The Morgan fingerprint density at radius 2 is 2.18 bits per heavy atom.